The van der Waals surface area contributed by atoms with E-state index in [0.717, 1.165) is 45.9 Å². The van der Waals surface area contributed by atoms with Crippen molar-refractivity contribution in [2.45, 2.75) is 52.9 Å². The molecule has 0 aliphatic carbocycles. The molecule has 0 radical (unpaired) electrons. The number of amides is 1. The van der Waals surface area contributed by atoms with E-state index in [2.05, 4.69) is 23.2 Å². The largest absolute Gasteiger partial charge is 0.496 e. The zero-order chi connectivity index (χ0) is 24.3. The van der Waals surface area contributed by atoms with Gasteiger partial charge in [0.2, 0.25) is 0 Å². The quantitative estimate of drug-likeness (QED) is 0.472. The minimum Gasteiger partial charge on any atom is -0.496 e. The Morgan fingerprint density at radius 2 is 1.85 bits per heavy atom. The summed E-state index contributed by atoms with van der Waals surface area (Å²) in [6, 6.07) is 16.1. The number of benzene rings is 2. The molecule has 3 aromatic rings. The number of rotatable bonds is 5. The van der Waals surface area contributed by atoms with E-state index >= 15 is 0 Å². The third-order valence-corrected chi connectivity index (χ3v) is 5.71. The topological polar surface area (TPSA) is 60.9 Å². The van der Waals surface area contributed by atoms with Crippen LogP contribution < -0.4 is 9.47 Å². The first kappa shape index (κ1) is 23.6. The monoisotopic (exact) mass is 460 g/mol. The van der Waals surface area contributed by atoms with E-state index in [1.807, 2.05) is 58.0 Å². The maximum Gasteiger partial charge on any atom is 0.410 e. The van der Waals surface area contributed by atoms with Gasteiger partial charge in [-0.25, -0.2) is 4.79 Å². The van der Waals surface area contributed by atoms with Gasteiger partial charge in [0, 0.05) is 19.3 Å². The summed E-state index contributed by atoms with van der Waals surface area (Å²) in [4.78, 5) is 18.8. The van der Waals surface area contributed by atoms with Gasteiger partial charge in [-0.2, -0.15) is 0 Å². The molecule has 1 aliphatic heterocycles. The number of methoxy groups -OCH3 is 1. The van der Waals surface area contributed by atoms with Gasteiger partial charge in [-0.05, 0) is 86.7 Å². The average Bonchev–Trinajstić information content (AvgIpc) is 2.80. The highest BCUT2D eigenvalue weighted by atomic mass is 16.6. The lowest BCUT2D eigenvalue weighted by Gasteiger charge is -2.31. The van der Waals surface area contributed by atoms with Gasteiger partial charge in [0.05, 0.1) is 18.4 Å². The Balaban J connectivity index is 1.62. The minimum atomic E-state index is -0.519. The van der Waals surface area contributed by atoms with Gasteiger partial charge in [0.25, 0.3) is 0 Å². The summed E-state index contributed by atoms with van der Waals surface area (Å²) >= 11 is 0. The van der Waals surface area contributed by atoms with Crippen LogP contribution in [0.2, 0.25) is 0 Å². The van der Waals surface area contributed by atoms with Crippen molar-refractivity contribution in [3.63, 3.8) is 0 Å². The van der Waals surface area contributed by atoms with Crippen LogP contribution in [0.15, 0.2) is 54.7 Å². The number of hydrogen-bond donors (Lipinski definition) is 0. The summed E-state index contributed by atoms with van der Waals surface area (Å²) in [5.74, 6) is 1.46. The molecule has 6 nitrogen and oxygen atoms in total. The number of aryl methyl sites for hydroxylation is 1. The van der Waals surface area contributed by atoms with Crippen molar-refractivity contribution in [2.24, 2.45) is 0 Å². The molecule has 178 valence electrons. The van der Waals surface area contributed by atoms with Gasteiger partial charge in [0.1, 0.15) is 23.7 Å². The van der Waals surface area contributed by atoms with Crippen LogP contribution >= 0.6 is 0 Å². The second-order valence-corrected chi connectivity index (χ2v) is 9.58. The molecule has 1 amide bonds. The SMILES string of the molecule is COc1cccc(OCc2cc(C)ccn2)c1-c1ccc2c(c1)CN(C(=O)OC(C)(C)C)CC2. The number of pyridine rings is 1. The lowest BCUT2D eigenvalue weighted by molar-refractivity contribution is 0.0224. The Morgan fingerprint density at radius 3 is 2.59 bits per heavy atom. The van der Waals surface area contributed by atoms with Gasteiger partial charge in [-0.15, -0.1) is 0 Å². The molecular weight excluding hydrogens is 428 g/mol. The van der Waals surface area contributed by atoms with Crippen LogP contribution in [0.4, 0.5) is 4.79 Å². The van der Waals surface area contributed by atoms with Gasteiger partial charge < -0.3 is 19.1 Å². The molecule has 0 saturated heterocycles. The molecule has 1 aliphatic rings. The van der Waals surface area contributed by atoms with E-state index in [-0.39, 0.29) is 6.09 Å². The number of ether oxygens (including phenoxy) is 3. The Kier molecular flexibility index (Phi) is 6.77. The maximum atomic E-state index is 12.6. The molecule has 0 spiro atoms. The van der Waals surface area contributed by atoms with Gasteiger partial charge in [0.15, 0.2) is 0 Å². The Bertz CT molecular complexity index is 1180. The molecule has 2 aromatic carbocycles. The number of aromatic nitrogens is 1. The van der Waals surface area contributed by atoms with E-state index < -0.39 is 5.60 Å². The molecule has 0 bridgehead atoms. The second-order valence-electron chi connectivity index (χ2n) is 9.58. The number of nitrogens with zero attached hydrogens (tertiary/aromatic N) is 2. The van der Waals surface area contributed by atoms with Crippen LogP contribution in [-0.2, 0) is 24.3 Å². The second kappa shape index (κ2) is 9.75. The maximum absolute atomic E-state index is 12.6. The zero-order valence-electron chi connectivity index (χ0n) is 20.6. The third kappa shape index (κ3) is 5.50. The number of carbonyl (C=O) groups is 1. The first-order chi connectivity index (χ1) is 16.2. The van der Waals surface area contributed by atoms with Crippen LogP contribution in [-0.4, -0.2) is 35.2 Å². The lowest BCUT2D eigenvalue weighted by Crippen LogP contribution is -2.39. The predicted octanol–water partition coefficient (Wildman–Crippen LogP) is 5.94. The smallest absolute Gasteiger partial charge is 0.410 e. The van der Waals surface area contributed by atoms with Gasteiger partial charge in [-0.3, -0.25) is 4.98 Å². The van der Waals surface area contributed by atoms with E-state index in [9.17, 15) is 4.79 Å². The molecule has 34 heavy (non-hydrogen) atoms. The van der Waals surface area contributed by atoms with Crippen LogP contribution in [0, 0.1) is 6.92 Å². The zero-order valence-corrected chi connectivity index (χ0v) is 20.6. The van der Waals surface area contributed by atoms with Crippen molar-refractivity contribution < 1.29 is 19.0 Å². The Morgan fingerprint density at radius 1 is 1.06 bits per heavy atom. The standard InChI is InChI=1S/C28H32N2O4/c1-19-11-13-29-23(15-19)18-33-25-8-6-7-24(32-5)26(25)21-10-9-20-12-14-30(17-22(20)16-21)27(31)34-28(2,3)4/h6-11,13,15-16H,12,14,17-18H2,1-5H3. The summed E-state index contributed by atoms with van der Waals surface area (Å²) in [7, 11) is 1.66. The summed E-state index contributed by atoms with van der Waals surface area (Å²) in [5, 5.41) is 0. The molecule has 1 aromatic heterocycles. The number of carbonyl (C=O) groups excluding carboxylic acids is 1. The van der Waals surface area contributed by atoms with Crippen molar-refractivity contribution in [3.05, 3.63) is 77.1 Å². The lowest BCUT2D eigenvalue weighted by atomic mass is 9.94. The first-order valence-electron chi connectivity index (χ1n) is 11.5. The highest BCUT2D eigenvalue weighted by Gasteiger charge is 2.26. The number of fused-ring (bicyclic) bond motifs is 1. The molecule has 0 saturated carbocycles. The molecular formula is C28H32N2O4. The van der Waals surface area contributed by atoms with Crippen molar-refractivity contribution in [2.75, 3.05) is 13.7 Å². The number of hydrogen-bond acceptors (Lipinski definition) is 5. The molecule has 0 unspecified atom stereocenters. The van der Waals surface area contributed by atoms with Crippen LogP contribution in [0.5, 0.6) is 11.5 Å². The fourth-order valence-electron chi connectivity index (χ4n) is 4.11. The predicted molar refractivity (Wildman–Crippen MR) is 132 cm³/mol. The summed E-state index contributed by atoms with van der Waals surface area (Å²) in [6.07, 6.45) is 2.30. The van der Waals surface area contributed by atoms with Crippen LogP contribution in [0.3, 0.4) is 0 Å². The molecule has 0 N–H and O–H groups in total. The van der Waals surface area contributed by atoms with Crippen molar-refractivity contribution in [1.82, 2.24) is 9.88 Å². The van der Waals surface area contributed by atoms with Crippen LogP contribution in [0.1, 0.15) is 43.2 Å². The first-order valence-corrected chi connectivity index (χ1v) is 11.5. The normalized spacial score (nSPS) is 13.3. The van der Waals surface area contributed by atoms with Crippen molar-refractivity contribution >= 4 is 6.09 Å². The fraction of sp³-hybridized carbons (Fsp3) is 0.357. The van der Waals surface area contributed by atoms with E-state index in [1.54, 1.807) is 18.2 Å². The molecule has 0 atom stereocenters. The van der Waals surface area contributed by atoms with Gasteiger partial charge >= 0.3 is 6.09 Å². The summed E-state index contributed by atoms with van der Waals surface area (Å²) in [5.41, 5.74) is 5.70. The highest BCUT2D eigenvalue weighted by Crippen LogP contribution is 2.40. The van der Waals surface area contributed by atoms with E-state index in [1.165, 1.54) is 5.56 Å². The van der Waals surface area contributed by atoms with Crippen molar-refractivity contribution in [1.29, 1.82) is 0 Å². The van der Waals surface area contributed by atoms with Crippen molar-refractivity contribution in [3.8, 4) is 22.6 Å². The molecule has 2 heterocycles. The summed E-state index contributed by atoms with van der Waals surface area (Å²) in [6.45, 7) is 9.21. The van der Waals surface area contributed by atoms with E-state index in [0.29, 0.717) is 19.7 Å². The van der Waals surface area contributed by atoms with E-state index in [4.69, 9.17) is 14.2 Å². The molecule has 6 heteroatoms. The average molecular weight is 461 g/mol. The van der Waals surface area contributed by atoms with Crippen LogP contribution in [0.25, 0.3) is 11.1 Å². The summed E-state index contributed by atoms with van der Waals surface area (Å²) < 4.78 is 17.5. The highest BCUT2D eigenvalue weighted by molar-refractivity contribution is 5.78. The minimum absolute atomic E-state index is 0.282. The Labute approximate surface area is 201 Å². The Hall–Kier alpha value is -3.54. The van der Waals surface area contributed by atoms with Gasteiger partial charge in [-0.1, -0.05) is 18.2 Å². The fourth-order valence-corrected chi connectivity index (χ4v) is 4.11. The third-order valence-electron chi connectivity index (χ3n) is 5.71. The molecule has 0 fully saturated rings. The molecule has 4 rings (SSSR count).